The second kappa shape index (κ2) is 2.87. The lowest BCUT2D eigenvalue weighted by Gasteiger charge is -1.96. The van der Waals surface area contributed by atoms with Gasteiger partial charge in [-0.25, -0.2) is 4.98 Å². The van der Waals surface area contributed by atoms with Crippen molar-refractivity contribution in [2.45, 2.75) is 0 Å². The van der Waals surface area contributed by atoms with E-state index in [4.69, 9.17) is 16.7 Å². The summed E-state index contributed by atoms with van der Waals surface area (Å²) in [6.45, 7) is 0. The van der Waals surface area contributed by atoms with E-state index in [1.165, 1.54) is 6.20 Å². The largest absolute Gasteiger partial charge is 0.409 e. The molecule has 0 fully saturated rings. The molecular formula is C6H8N4O. The van der Waals surface area contributed by atoms with Crippen molar-refractivity contribution in [2.24, 2.45) is 10.9 Å². The minimum absolute atomic E-state index is 0.0255. The molecule has 0 aliphatic heterocycles. The summed E-state index contributed by atoms with van der Waals surface area (Å²) >= 11 is 0. The Hall–Kier alpha value is -1.78. The molecule has 0 radical (unpaired) electrons. The summed E-state index contributed by atoms with van der Waals surface area (Å²) in [5, 5.41) is 11.1. The van der Waals surface area contributed by atoms with Crippen LogP contribution in [0.5, 0.6) is 0 Å². The number of pyridine rings is 1. The van der Waals surface area contributed by atoms with Gasteiger partial charge in [0.25, 0.3) is 0 Å². The average molecular weight is 152 g/mol. The van der Waals surface area contributed by atoms with E-state index in [2.05, 4.69) is 10.1 Å². The van der Waals surface area contributed by atoms with Crippen molar-refractivity contribution < 1.29 is 5.21 Å². The zero-order chi connectivity index (χ0) is 8.27. The molecule has 58 valence electrons. The van der Waals surface area contributed by atoms with Gasteiger partial charge in [-0.15, -0.1) is 0 Å². The van der Waals surface area contributed by atoms with Gasteiger partial charge in [0.15, 0.2) is 5.84 Å². The summed E-state index contributed by atoms with van der Waals surface area (Å²) in [5.41, 5.74) is 11.1. The molecular weight excluding hydrogens is 144 g/mol. The maximum atomic E-state index is 8.26. The molecule has 1 rings (SSSR count). The van der Waals surface area contributed by atoms with Crippen LogP contribution < -0.4 is 11.5 Å². The van der Waals surface area contributed by atoms with E-state index >= 15 is 0 Å². The number of anilines is 1. The molecule has 0 spiro atoms. The fraction of sp³-hybridized carbons (Fsp3) is 0. The Kier molecular flexibility index (Phi) is 1.91. The standard InChI is InChI=1S/C6H8N4O/c7-5-2-1-4(3-9-5)6(8)10-11/h1-3,11H,(H2,7,9)(H2,8,10). The summed E-state index contributed by atoms with van der Waals surface area (Å²) in [4.78, 5) is 3.75. The van der Waals surface area contributed by atoms with Crippen LogP contribution in [0.2, 0.25) is 0 Å². The van der Waals surface area contributed by atoms with E-state index < -0.39 is 0 Å². The van der Waals surface area contributed by atoms with Crippen LogP contribution in [0.25, 0.3) is 0 Å². The fourth-order valence-electron chi connectivity index (χ4n) is 0.615. The number of rotatable bonds is 1. The zero-order valence-electron chi connectivity index (χ0n) is 5.73. The minimum atomic E-state index is 0.0255. The van der Waals surface area contributed by atoms with E-state index in [0.717, 1.165) is 0 Å². The molecule has 5 heteroatoms. The first-order valence-electron chi connectivity index (χ1n) is 2.93. The number of nitrogen functional groups attached to an aromatic ring is 1. The van der Waals surface area contributed by atoms with Crippen LogP contribution >= 0.6 is 0 Å². The number of hydrogen-bond acceptors (Lipinski definition) is 4. The first kappa shape index (κ1) is 7.33. The van der Waals surface area contributed by atoms with Gasteiger partial charge in [-0.2, -0.15) is 0 Å². The molecule has 0 unspecified atom stereocenters. The lowest BCUT2D eigenvalue weighted by molar-refractivity contribution is 0.318. The van der Waals surface area contributed by atoms with Gasteiger partial charge in [0.05, 0.1) is 0 Å². The lowest BCUT2D eigenvalue weighted by Crippen LogP contribution is -2.13. The van der Waals surface area contributed by atoms with E-state index in [-0.39, 0.29) is 5.84 Å². The van der Waals surface area contributed by atoms with Gasteiger partial charge in [0.1, 0.15) is 5.82 Å². The molecule has 0 aromatic carbocycles. The van der Waals surface area contributed by atoms with Crippen LogP contribution in [0.4, 0.5) is 5.82 Å². The summed E-state index contributed by atoms with van der Waals surface area (Å²) in [6.07, 6.45) is 1.43. The van der Waals surface area contributed by atoms with Crippen molar-refractivity contribution in [1.82, 2.24) is 4.98 Å². The van der Waals surface area contributed by atoms with Gasteiger partial charge in [0.2, 0.25) is 0 Å². The SMILES string of the molecule is N/C(=N\O)c1ccc(N)nc1. The number of nitrogens with zero attached hydrogens (tertiary/aromatic N) is 2. The fourth-order valence-corrected chi connectivity index (χ4v) is 0.615. The molecule has 0 bridgehead atoms. The first-order chi connectivity index (χ1) is 5.24. The Morgan fingerprint density at radius 1 is 1.55 bits per heavy atom. The van der Waals surface area contributed by atoms with E-state index in [1.54, 1.807) is 12.1 Å². The summed E-state index contributed by atoms with van der Waals surface area (Å²) in [5.74, 6) is 0.428. The highest BCUT2D eigenvalue weighted by Crippen LogP contribution is 1.99. The van der Waals surface area contributed by atoms with Crippen molar-refractivity contribution in [1.29, 1.82) is 0 Å². The van der Waals surface area contributed by atoms with Gasteiger partial charge in [-0.3, -0.25) is 0 Å². The molecule has 11 heavy (non-hydrogen) atoms. The highest BCUT2D eigenvalue weighted by Gasteiger charge is 1.97. The third-order valence-corrected chi connectivity index (χ3v) is 1.19. The maximum absolute atomic E-state index is 8.26. The molecule has 1 aromatic heterocycles. The first-order valence-corrected chi connectivity index (χ1v) is 2.93. The predicted octanol–water partition coefficient (Wildman–Crippen LogP) is -0.242. The van der Waals surface area contributed by atoms with E-state index in [1.807, 2.05) is 0 Å². The Labute approximate surface area is 63.3 Å². The number of aromatic nitrogens is 1. The Morgan fingerprint density at radius 2 is 2.27 bits per heavy atom. The smallest absolute Gasteiger partial charge is 0.171 e. The van der Waals surface area contributed by atoms with Crippen molar-refractivity contribution in [2.75, 3.05) is 5.73 Å². The van der Waals surface area contributed by atoms with Crippen LogP contribution in [-0.2, 0) is 0 Å². The van der Waals surface area contributed by atoms with E-state index in [0.29, 0.717) is 11.4 Å². The van der Waals surface area contributed by atoms with Gasteiger partial charge >= 0.3 is 0 Å². The molecule has 0 amide bonds. The summed E-state index contributed by atoms with van der Waals surface area (Å²) < 4.78 is 0. The van der Waals surface area contributed by atoms with E-state index in [9.17, 15) is 0 Å². The number of amidine groups is 1. The Bertz CT molecular complexity index is 266. The van der Waals surface area contributed by atoms with Crippen molar-refractivity contribution in [3.8, 4) is 0 Å². The summed E-state index contributed by atoms with van der Waals surface area (Å²) in [6, 6.07) is 3.20. The molecule has 0 saturated heterocycles. The van der Waals surface area contributed by atoms with Crippen LogP contribution in [0.15, 0.2) is 23.5 Å². The molecule has 0 aliphatic carbocycles. The Balaban J connectivity index is 2.99. The second-order valence-electron chi connectivity index (χ2n) is 1.96. The topological polar surface area (TPSA) is 97.5 Å². The van der Waals surface area contributed by atoms with Gasteiger partial charge in [-0.05, 0) is 12.1 Å². The molecule has 0 atom stereocenters. The molecule has 5 N–H and O–H groups in total. The third kappa shape index (κ3) is 1.57. The molecule has 1 heterocycles. The van der Waals surface area contributed by atoms with Crippen LogP contribution in [-0.4, -0.2) is 16.0 Å². The van der Waals surface area contributed by atoms with Crippen molar-refractivity contribution in [3.05, 3.63) is 23.9 Å². The number of hydrogen-bond donors (Lipinski definition) is 3. The highest BCUT2D eigenvalue weighted by atomic mass is 16.4. The lowest BCUT2D eigenvalue weighted by atomic mass is 10.3. The van der Waals surface area contributed by atoms with Crippen molar-refractivity contribution in [3.63, 3.8) is 0 Å². The van der Waals surface area contributed by atoms with Crippen LogP contribution in [0.3, 0.4) is 0 Å². The average Bonchev–Trinajstić information content (AvgIpc) is 2.05. The summed E-state index contributed by atoms with van der Waals surface area (Å²) in [7, 11) is 0. The van der Waals surface area contributed by atoms with Crippen molar-refractivity contribution >= 4 is 11.7 Å². The molecule has 0 saturated carbocycles. The number of oxime groups is 1. The highest BCUT2D eigenvalue weighted by molar-refractivity contribution is 5.96. The quantitative estimate of drug-likeness (QED) is 0.224. The zero-order valence-corrected chi connectivity index (χ0v) is 5.73. The maximum Gasteiger partial charge on any atom is 0.171 e. The van der Waals surface area contributed by atoms with Crippen LogP contribution in [0, 0.1) is 0 Å². The molecule has 0 aliphatic rings. The normalized spacial score (nSPS) is 11.5. The Morgan fingerprint density at radius 3 is 2.73 bits per heavy atom. The van der Waals surface area contributed by atoms with Gasteiger partial charge < -0.3 is 16.7 Å². The van der Waals surface area contributed by atoms with Crippen LogP contribution in [0.1, 0.15) is 5.56 Å². The third-order valence-electron chi connectivity index (χ3n) is 1.19. The monoisotopic (exact) mass is 152 g/mol. The molecule has 5 nitrogen and oxygen atoms in total. The minimum Gasteiger partial charge on any atom is -0.409 e. The van der Waals surface area contributed by atoms with Gasteiger partial charge in [-0.1, -0.05) is 5.16 Å². The predicted molar refractivity (Wildman–Crippen MR) is 41.2 cm³/mol. The second-order valence-corrected chi connectivity index (χ2v) is 1.96. The van der Waals surface area contributed by atoms with Gasteiger partial charge in [0, 0.05) is 11.8 Å². The number of nitrogens with two attached hydrogens (primary N) is 2. The molecule has 1 aromatic rings.